The van der Waals surface area contributed by atoms with Crippen molar-refractivity contribution in [2.75, 3.05) is 5.32 Å². The number of anilines is 1. The molecule has 0 saturated heterocycles. The predicted molar refractivity (Wildman–Crippen MR) is 69.1 cm³/mol. The summed E-state index contributed by atoms with van der Waals surface area (Å²) in [6.07, 6.45) is 3.24. The van der Waals surface area contributed by atoms with E-state index < -0.39 is 6.23 Å². The Labute approximate surface area is 101 Å². The van der Waals surface area contributed by atoms with Gasteiger partial charge in [-0.1, -0.05) is 18.2 Å². The van der Waals surface area contributed by atoms with E-state index in [1.165, 1.54) is 5.56 Å². The van der Waals surface area contributed by atoms with Crippen LogP contribution in [-0.4, -0.2) is 17.5 Å². The van der Waals surface area contributed by atoms with Gasteiger partial charge in [0.1, 0.15) is 6.23 Å². The molecule has 1 aromatic carbocycles. The van der Waals surface area contributed by atoms with Gasteiger partial charge in [0.2, 0.25) is 0 Å². The first-order valence-electron chi connectivity index (χ1n) is 6.01. The SMILES string of the molecule is CC1=C2C(CC=N1)Cc1ccccc1NC2O. The second kappa shape index (κ2) is 4.00. The first kappa shape index (κ1) is 10.5. The average Bonchev–Trinajstić information content (AvgIpc) is 2.45. The number of rotatable bonds is 0. The maximum Gasteiger partial charge on any atom is 0.149 e. The van der Waals surface area contributed by atoms with Crippen molar-refractivity contribution in [1.29, 1.82) is 0 Å². The van der Waals surface area contributed by atoms with Crippen LogP contribution in [0, 0.1) is 5.92 Å². The molecular formula is C14H16N2O. The zero-order valence-corrected chi connectivity index (χ0v) is 9.85. The Hall–Kier alpha value is -1.61. The lowest BCUT2D eigenvalue weighted by Crippen LogP contribution is -2.27. The highest BCUT2D eigenvalue weighted by Gasteiger charge is 2.29. The van der Waals surface area contributed by atoms with Crippen molar-refractivity contribution in [2.45, 2.75) is 26.0 Å². The van der Waals surface area contributed by atoms with Crippen LogP contribution in [0.25, 0.3) is 0 Å². The van der Waals surface area contributed by atoms with Crippen molar-refractivity contribution in [3.8, 4) is 0 Å². The largest absolute Gasteiger partial charge is 0.370 e. The highest BCUT2D eigenvalue weighted by Crippen LogP contribution is 2.35. The maximum atomic E-state index is 10.3. The van der Waals surface area contributed by atoms with Crippen molar-refractivity contribution < 1.29 is 5.11 Å². The molecule has 0 aromatic heterocycles. The minimum atomic E-state index is -0.610. The summed E-state index contributed by atoms with van der Waals surface area (Å²) in [6, 6.07) is 8.18. The fourth-order valence-electron chi connectivity index (χ4n) is 2.76. The van der Waals surface area contributed by atoms with Crippen molar-refractivity contribution in [3.63, 3.8) is 0 Å². The molecule has 2 atom stereocenters. The molecule has 0 aliphatic carbocycles. The van der Waals surface area contributed by atoms with E-state index in [1.54, 1.807) is 0 Å². The Balaban J connectivity index is 2.06. The normalized spacial score (nSPS) is 26.9. The molecule has 2 heterocycles. The number of allylic oxidation sites excluding steroid dienone is 1. The van der Waals surface area contributed by atoms with Gasteiger partial charge in [0.15, 0.2) is 0 Å². The quantitative estimate of drug-likeness (QED) is 0.716. The minimum Gasteiger partial charge on any atom is -0.370 e. The number of fused-ring (bicyclic) bond motifs is 2. The third kappa shape index (κ3) is 1.76. The molecule has 1 aromatic rings. The van der Waals surface area contributed by atoms with Crippen LogP contribution in [0.2, 0.25) is 0 Å². The molecule has 2 N–H and O–H groups in total. The lowest BCUT2D eigenvalue weighted by atomic mass is 9.87. The molecule has 3 heteroatoms. The number of para-hydroxylation sites is 1. The molecule has 0 saturated carbocycles. The van der Waals surface area contributed by atoms with E-state index in [0.717, 1.165) is 29.8 Å². The Bertz CT molecular complexity index is 505. The second-order valence-electron chi connectivity index (χ2n) is 4.69. The number of nitrogens with one attached hydrogen (secondary N) is 1. The third-order valence-corrected chi connectivity index (χ3v) is 3.60. The van der Waals surface area contributed by atoms with Crippen molar-refractivity contribution in [1.82, 2.24) is 0 Å². The van der Waals surface area contributed by atoms with Crippen molar-refractivity contribution in [3.05, 3.63) is 41.1 Å². The Morgan fingerprint density at radius 3 is 3.06 bits per heavy atom. The monoisotopic (exact) mass is 228 g/mol. The van der Waals surface area contributed by atoms with Crippen LogP contribution in [0.5, 0.6) is 0 Å². The molecule has 2 aliphatic heterocycles. The van der Waals surface area contributed by atoms with Crippen LogP contribution in [-0.2, 0) is 6.42 Å². The van der Waals surface area contributed by atoms with E-state index in [4.69, 9.17) is 0 Å². The van der Waals surface area contributed by atoms with Gasteiger partial charge in [-0.2, -0.15) is 0 Å². The van der Waals surface area contributed by atoms with Crippen molar-refractivity contribution >= 4 is 11.9 Å². The number of benzene rings is 1. The Morgan fingerprint density at radius 1 is 1.35 bits per heavy atom. The molecule has 2 aliphatic rings. The topological polar surface area (TPSA) is 44.6 Å². The van der Waals surface area contributed by atoms with Crippen LogP contribution < -0.4 is 5.32 Å². The summed E-state index contributed by atoms with van der Waals surface area (Å²) < 4.78 is 0. The maximum absolute atomic E-state index is 10.3. The number of hydrogen-bond acceptors (Lipinski definition) is 3. The molecule has 17 heavy (non-hydrogen) atoms. The van der Waals surface area contributed by atoms with Gasteiger partial charge in [0.05, 0.1) is 0 Å². The van der Waals surface area contributed by atoms with E-state index in [2.05, 4.69) is 16.4 Å². The average molecular weight is 228 g/mol. The van der Waals surface area contributed by atoms with E-state index >= 15 is 0 Å². The molecule has 0 radical (unpaired) electrons. The first-order valence-corrected chi connectivity index (χ1v) is 6.01. The van der Waals surface area contributed by atoms with Gasteiger partial charge in [-0.05, 0) is 37.3 Å². The van der Waals surface area contributed by atoms with Gasteiger partial charge >= 0.3 is 0 Å². The van der Waals surface area contributed by atoms with Crippen LogP contribution in [0.1, 0.15) is 18.9 Å². The van der Waals surface area contributed by atoms with Crippen LogP contribution >= 0.6 is 0 Å². The fraction of sp³-hybridized carbons (Fsp3) is 0.357. The lowest BCUT2D eigenvalue weighted by molar-refractivity contribution is 0.225. The van der Waals surface area contributed by atoms with Crippen LogP contribution in [0.4, 0.5) is 5.69 Å². The molecule has 0 amide bonds. The molecule has 3 nitrogen and oxygen atoms in total. The van der Waals surface area contributed by atoms with Gasteiger partial charge in [0.25, 0.3) is 0 Å². The summed E-state index contributed by atoms with van der Waals surface area (Å²) in [5.41, 5.74) is 4.31. The Morgan fingerprint density at radius 2 is 2.18 bits per heavy atom. The zero-order valence-electron chi connectivity index (χ0n) is 9.85. The third-order valence-electron chi connectivity index (χ3n) is 3.60. The molecule has 3 rings (SSSR count). The van der Waals surface area contributed by atoms with E-state index in [-0.39, 0.29) is 0 Å². The zero-order chi connectivity index (χ0) is 11.8. The first-order chi connectivity index (χ1) is 8.25. The summed E-state index contributed by atoms with van der Waals surface area (Å²) in [4.78, 5) is 4.32. The van der Waals surface area contributed by atoms with Gasteiger partial charge in [0, 0.05) is 23.2 Å². The summed E-state index contributed by atoms with van der Waals surface area (Å²) in [6.45, 7) is 1.97. The summed E-state index contributed by atoms with van der Waals surface area (Å²) in [7, 11) is 0. The number of aliphatic hydroxyl groups is 1. The van der Waals surface area contributed by atoms with Gasteiger partial charge in [-0.15, -0.1) is 0 Å². The second-order valence-corrected chi connectivity index (χ2v) is 4.69. The summed E-state index contributed by atoms with van der Waals surface area (Å²) in [5.74, 6) is 0.374. The number of aliphatic hydroxyl groups excluding tert-OH is 1. The fourth-order valence-corrected chi connectivity index (χ4v) is 2.76. The molecule has 0 bridgehead atoms. The molecule has 0 spiro atoms. The summed E-state index contributed by atoms with van der Waals surface area (Å²) >= 11 is 0. The molecule has 88 valence electrons. The number of aliphatic imine (C=N–C) groups is 1. The molecular weight excluding hydrogens is 212 g/mol. The highest BCUT2D eigenvalue weighted by molar-refractivity contribution is 5.65. The minimum absolute atomic E-state index is 0.374. The van der Waals surface area contributed by atoms with Gasteiger partial charge in [-0.3, -0.25) is 4.99 Å². The number of hydrogen-bond donors (Lipinski definition) is 2. The van der Waals surface area contributed by atoms with E-state index in [9.17, 15) is 5.11 Å². The smallest absolute Gasteiger partial charge is 0.149 e. The van der Waals surface area contributed by atoms with Crippen LogP contribution in [0.3, 0.4) is 0 Å². The van der Waals surface area contributed by atoms with E-state index in [1.807, 2.05) is 31.3 Å². The van der Waals surface area contributed by atoms with Crippen molar-refractivity contribution in [2.24, 2.45) is 10.9 Å². The predicted octanol–water partition coefficient (Wildman–Crippen LogP) is 2.34. The van der Waals surface area contributed by atoms with Gasteiger partial charge in [-0.25, -0.2) is 0 Å². The summed E-state index contributed by atoms with van der Waals surface area (Å²) in [5, 5.41) is 13.4. The standard InChI is InChI=1S/C14H16N2O/c1-9-13-11(6-7-15-9)8-10-4-2-3-5-12(10)16-14(13)17/h2-5,7,11,14,16-17H,6,8H2,1H3. The highest BCUT2D eigenvalue weighted by atomic mass is 16.3. The molecule has 2 unspecified atom stereocenters. The molecule has 0 fully saturated rings. The lowest BCUT2D eigenvalue weighted by Gasteiger charge is -2.24. The Kier molecular flexibility index (Phi) is 2.48. The van der Waals surface area contributed by atoms with E-state index in [0.29, 0.717) is 5.92 Å². The van der Waals surface area contributed by atoms with Crippen LogP contribution in [0.15, 0.2) is 40.5 Å². The number of nitrogens with zero attached hydrogens (tertiary/aromatic N) is 1. The van der Waals surface area contributed by atoms with Gasteiger partial charge < -0.3 is 10.4 Å².